The monoisotopic (exact) mass is 254 g/mol. The molecule has 1 aliphatic heterocycles. The van der Waals surface area contributed by atoms with Crippen LogP contribution in [0.1, 0.15) is 11.1 Å². The van der Waals surface area contributed by atoms with E-state index in [1.807, 2.05) is 49.3 Å². The highest BCUT2D eigenvalue weighted by molar-refractivity contribution is 6.21. The highest BCUT2D eigenvalue weighted by atomic mass is 16.1. The van der Waals surface area contributed by atoms with Crippen molar-refractivity contribution in [3.63, 3.8) is 0 Å². The van der Waals surface area contributed by atoms with E-state index in [-0.39, 0.29) is 5.56 Å². The Morgan fingerprint density at radius 2 is 2.00 bits per heavy atom. The van der Waals surface area contributed by atoms with Crippen LogP contribution in [0.25, 0.3) is 11.6 Å². The molecule has 1 aromatic carbocycles. The van der Waals surface area contributed by atoms with E-state index in [2.05, 4.69) is 15.2 Å². The molecule has 2 heterocycles. The molecule has 2 N–H and O–H groups in total. The normalized spacial score (nSPS) is 14.9. The van der Waals surface area contributed by atoms with Crippen LogP contribution in [-0.4, -0.2) is 30.5 Å². The Bertz CT molecular complexity index is 734. The Morgan fingerprint density at radius 1 is 1.21 bits per heavy atom. The van der Waals surface area contributed by atoms with Crippen LogP contribution in [0.15, 0.2) is 34.1 Å². The van der Waals surface area contributed by atoms with E-state index in [0.717, 1.165) is 22.6 Å². The maximum absolute atomic E-state index is 11.8. The quantitative estimate of drug-likeness (QED) is 0.861. The van der Waals surface area contributed by atoms with Gasteiger partial charge in [0.25, 0.3) is 5.56 Å². The molecule has 0 bridgehead atoms. The summed E-state index contributed by atoms with van der Waals surface area (Å²) in [5.74, 6) is 0.760. The van der Waals surface area contributed by atoms with Crippen LogP contribution < -0.4 is 10.5 Å². The predicted molar refractivity (Wildman–Crippen MR) is 78.2 cm³/mol. The van der Waals surface area contributed by atoms with Gasteiger partial charge in [-0.15, -0.1) is 0 Å². The van der Waals surface area contributed by atoms with Crippen molar-refractivity contribution in [3.8, 4) is 0 Å². The molecule has 0 unspecified atom stereocenters. The van der Waals surface area contributed by atoms with Gasteiger partial charge in [0.1, 0.15) is 5.82 Å². The van der Waals surface area contributed by atoms with Crippen molar-refractivity contribution < 1.29 is 0 Å². The Labute approximate surface area is 110 Å². The summed E-state index contributed by atoms with van der Waals surface area (Å²) in [7, 11) is 3.77. The minimum absolute atomic E-state index is 0.131. The number of hydrogen-bond acceptors (Lipinski definition) is 3. The second-order valence-corrected chi connectivity index (χ2v) is 4.61. The number of hydrogen-bond donors (Lipinski definition) is 2. The minimum Gasteiger partial charge on any atom is -0.363 e. The minimum atomic E-state index is -0.131. The molecule has 3 rings (SSSR count). The van der Waals surface area contributed by atoms with Crippen LogP contribution in [0.2, 0.25) is 0 Å². The van der Waals surface area contributed by atoms with Gasteiger partial charge in [0.2, 0.25) is 0 Å². The maximum atomic E-state index is 11.8. The average molecular weight is 254 g/mol. The van der Waals surface area contributed by atoms with Crippen LogP contribution in [-0.2, 0) is 0 Å². The van der Waals surface area contributed by atoms with Gasteiger partial charge in [0.15, 0.2) is 0 Å². The molecule has 0 saturated heterocycles. The molecule has 2 aromatic rings. The van der Waals surface area contributed by atoms with Crippen molar-refractivity contribution in [3.05, 3.63) is 45.7 Å². The van der Waals surface area contributed by atoms with Crippen molar-refractivity contribution in [2.45, 2.75) is 0 Å². The zero-order chi connectivity index (χ0) is 13.4. The van der Waals surface area contributed by atoms with Gasteiger partial charge < -0.3 is 4.90 Å². The molecule has 1 aromatic heterocycles. The molecule has 0 fully saturated rings. The van der Waals surface area contributed by atoms with E-state index in [9.17, 15) is 4.79 Å². The summed E-state index contributed by atoms with van der Waals surface area (Å²) >= 11 is 0. The van der Waals surface area contributed by atoms with Crippen LogP contribution in [0.3, 0.4) is 0 Å². The Kier molecular flexibility index (Phi) is 2.59. The first-order valence-corrected chi connectivity index (χ1v) is 6.00. The lowest BCUT2D eigenvalue weighted by Crippen LogP contribution is -2.12. The number of aromatic amines is 2. The van der Waals surface area contributed by atoms with E-state index in [0.29, 0.717) is 5.56 Å². The second-order valence-electron chi connectivity index (χ2n) is 4.61. The van der Waals surface area contributed by atoms with Crippen molar-refractivity contribution in [2.75, 3.05) is 19.0 Å². The molecule has 1 aliphatic rings. The SMILES string of the molecule is CN(C)c1[nH][nH]c(=O)c1/C=C1/C=Nc2ccccc21. The number of anilines is 1. The third-order valence-electron chi connectivity index (χ3n) is 3.10. The third-order valence-corrected chi connectivity index (χ3v) is 3.10. The van der Waals surface area contributed by atoms with Crippen LogP contribution >= 0.6 is 0 Å². The molecule has 0 saturated carbocycles. The highest BCUT2D eigenvalue weighted by Crippen LogP contribution is 2.32. The predicted octanol–water partition coefficient (Wildman–Crippen LogP) is 2.03. The molecular weight excluding hydrogens is 240 g/mol. The fourth-order valence-corrected chi connectivity index (χ4v) is 2.15. The first-order valence-electron chi connectivity index (χ1n) is 6.00. The summed E-state index contributed by atoms with van der Waals surface area (Å²) in [6.45, 7) is 0. The van der Waals surface area contributed by atoms with Crippen LogP contribution in [0, 0.1) is 0 Å². The summed E-state index contributed by atoms with van der Waals surface area (Å²) in [6.07, 6.45) is 3.65. The van der Waals surface area contributed by atoms with E-state index >= 15 is 0 Å². The average Bonchev–Trinajstić information content (AvgIpc) is 2.96. The third kappa shape index (κ3) is 1.89. The zero-order valence-corrected chi connectivity index (χ0v) is 10.8. The van der Waals surface area contributed by atoms with Gasteiger partial charge in [-0.2, -0.15) is 0 Å². The number of benzene rings is 1. The van der Waals surface area contributed by atoms with E-state index in [1.165, 1.54) is 0 Å². The van der Waals surface area contributed by atoms with Crippen molar-refractivity contribution >= 4 is 29.4 Å². The van der Waals surface area contributed by atoms with Gasteiger partial charge in [-0.3, -0.25) is 20.0 Å². The summed E-state index contributed by atoms with van der Waals surface area (Å²) in [4.78, 5) is 18.0. The fourth-order valence-electron chi connectivity index (χ4n) is 2.15. The number of aliphatic imine (C=N–C) groups is 1. The Hall–Kier alpha value is -2.56. The number of aromatic nitrogens is 2. The topological polar surface area (TPSA) is 64.2 Å². The van der Waals surface area contributed by atoms with Crippen molar-refractivity contribution in [1.82, 2.24) is 10.2 Å². The molecule has 0 radical (unpaired) electrons. The van der Waals surface area contributed by atoms with Crippen LogP contribution in [0.5, 0.6) is 0 Å². The van der Waals surface area contributed by atoms with Gasteiger partial charge in [-0.1, -0.05) is 18.2 Å². The number of nitrogens with zero attached hydrogens (tertiary/aromatic N) is 2. The molecule has 0 atom stereocenters. The molecule has 0 spiro atoms. The number of nitrogens with one attached hydrogen (secondary N) is 2. The number of fused-ring (bicyclic) bond motifs is 1. The van der Waals surface area contributed by atoms with Crippen LogP contribution in [0.4, 0.5) is 11.5 Å². The molecule has 0 aliphatic carbocycles. The smallest absolute Gasteiger partial charge is 0.273 e. The number of para-hydroxylation sites is 1. The van der Waals surface area contributed by atoms with Gasteiger partial charge >= 0.3 is 0 Å². The van der Waals surface area contributed by atoms with Crippen molar-refractivity contribution in [1.29, 1.82) is 0 Å². The van der Waals surface area contributed by atoms with E-state index < -0.39 is 0 Å². The largest absolute Gasteiger partial charge is 0.363 e. The standard InChI is InChI=1S/C14H14N4O/c1-18(2)13-11(14(19)17-16-13)7-9-8-15-12-6-4-3-5-10(9)12/h3-8H,1-2H3,(H2,16,17,19)/b9-7-. The Morgan fingerprint density at radius 3 is 2.79 bits per heavy atom. The summed E-state index contributed by atoms with van der Waals surface area (Å²) in [5.41, 5.74) is 3.42. The molecule has 0 amide bonds. The first kappa shape index (κ1) is 11.5. The first-order chi connectivity index (χ1) is 9.16. The number of H-pyrrole nitrogens is 2. The fraction of sp³-hybridized carbons (Fsp3) is 0.143. The van der Waals surface area contributed by atoms with E-state index in [4.69, 9.17) is 0 Å². The lowest BCUT2D eigenvalue weighted by molar-refractivity contribution is 0.999. The van der Waals surface area contributed by atoms with Gasteiger partial charge in [-0.25, -0.2) is 0 Å². The highest BCUT2D eigenvalue weighted by Gasteiger charge is 2.15. The molecule has 5 nitrogen and oxygen atoms in total. The lowest BCUT2D eigenvalue weighted by atomic mass is 10.1. The zero-order valence-electron chi connectivity index (χ0n) is 10.8. The molecule has 96 valence electrons. The van der Waals surface area contributed by atoms with Crippen molar-refractivity contribution in [2.24, 2.45) is 4.99 Å². The molecular formula is C14H14N4O. The second kappa shape index (κ2) is 4.28. The van der Waals surface area contributed by atoms with Gasteiger partial charge in [-0.05, 0) is 12.1 Å². The summed E-state index contributed by atoms with van der Waals surface area (Å²) in [6, 6.07) is 7.88. The molecule has 5 heteroatoms. The van der Waals surface area contributed by atoms with Gasteiger partial charge in [0.05, 0.1) is 11.3 Å². The lowest BCUT2D eigenvalue weighted by Gasteiger charge is -2.10. The molecule has 19 heavy (non-hydrogen) atoms. The summed E-state index contributed by atoms with van der Waals surface area (Å²) < 4.78 is 0. The number of allylic oxidation sites excluding steroid dienone is 1. The summed E-state index contributed by atoms with van der Waals surface area (Å²) in [5, 5.41) is 5.48. The number of rotatable bonds is 2. The maximum Gasteiger partial charge on any atom is 0.273 e. The van der Waals surface area contributed by atoms with Gasteiger partial charge in [0, 0.05) is 31.4 Å². The Balaban J connectivity index is 2.12. The van der Waals surface area contributed by atoms with E-state index in [1.54, 1.807) is 6.21 Å².